The van der Waals surface area contributed by atoms with Gasteiger partial charge in [0.15, 0.2) is 0 Å². The second-order valence-electron chi connectivity index (χ2n) is 7.00. The summed E-state index contributed by atoms with van der Waals surface area (Å²) < 4.78 is 3.69. The maximum atomic E-state index is 12.6. The number of aromatic nitrogens is 3. The lowest BCUT2D eigenvalue weighted by molar-refractivity contribution is -0.129. The summed E-state index contributed by atoms with van der Waals surface area (Å²) in [7, 11) is 3.80. The molecule has 1 aliphatic carbocycles. The van der Waals surface area contributed by atoms with Crippen LogP contribution in [0.3, 0.4) is 0 Å². The van der Waals surface area contributed by atoms with Gasteiger partial charge in [0.1, 0.15) is 11.8 Å². The molecule has 1 aliphatic heterocycles. The molecule has 4 rings (SSSR count). The van der Waals surface area contributed by atoms with Crippen molar-refractivity contribution in [3.05, 3.63) is 41.5 Å². The van der Waals surface area contributed by atoms with Crippen molar-refractivity contribution in [2.75, 3.05) is 0 Å². The second kappa shape index (κ2) is 6.05. The highest BCUT2D eigenvalue weighted by Crippen LogP contribution is 2.41. The minimum absolute atomic E-state index is 0.0200. The third kappa shape index (κ3) is 2.83. The van der Waals surface area contributed by atoms with Gasteiger partial charge in [0.2, 0.25) is 5.91 Å². The Balaban J connectivity index is 1.55. The highest BCUT2D eigenvalue weighted by Gasteiger charge is 2.47. The zero-order valence-corrected chi connectivity index (χ0v) is 14.5. The van der Waals surface area contributed by atoms with Gasteiger partial charge < -0.3 is 14.8 Å². The van der Waals surface area contributed by atoms with Gasteiger partial charge in [-0.15, -0.1) is 0 Å². The molecular formula is C18H22N6O. The number of amides is 1. The first-order valence-electron chi connectivity index (χ1n) is 8.66. The smallest absolute Gasteiger partial charge is 0.225 e. The average molecular weight is 338 g/mol. The van der Waals surface area contributed by atoms with Crippen molar-refractivity contribution >= 4 is 5.91 Å². The summed E-state index contributed by atoms with van der Waals surface area (Å²) in [6.45, 7) is 0.639. The molecule has 7 nitrogen and oxygen atoms in total. The van der Waals surface area contributed by atoms with Crippen molar-refractivity contribution < 1.29 is 4.79 Å². The van der Waals surface area contributed by atoms with Crippen LogP contribution >= 0.6 is 0 Å². The van der Waals surface area contributed by atoms with E-state index in [2.05, 4.69) is 21.4 Å². The molecule has 0 unspecified atom stereocenters. The van der Waals surface area contributed by atoms with Crippen LogP contribution in [0.4, 0.5) is 0 Å². The molecule has 25 heavy (non-hydrogen) atoms. The van der Waals surface area contributed by atoms with Gasteiger partial charge >= 0.3 is 0 Å². The molecule has 7 heteroatoms. The SMILES string of the molecule is Cn1cc(CN[C@@H]2CC(=O)N(C3CC3)[C@H]2c2ccnn2C)cc1C#N. The first-order chi connectivity index (χ1) is 12.1. The number of nitrogens with one attached hydrogen (secondary N) is 1. The maximum Gasteiger partial charge on any atom is 0.225 e. The van der Waals surface area contributed by atoms with Gasteiger partial charge in [0, 0.05) is 51.5 Å². The highest BCUT2D eigenvalue weighted by molar-refractivity contribution is 5.81. The summed E-state index contributed by atoms with van der Waals surface area (Å²) in [4.78, 5) is 14.7. The maximum absolute atomic E-state index is 12.6. The number of hydrogen-bond donors (Lipinski definition) is 1. The summed E-state index contributed by atoms with van der Waals surface area (Å²) in [6, 6.07) is 6.52. The largest absolute Gasteiger partial charge is 0.342 e. The van der Waals surface area contributed by atoms with E-state index in [0.717, 1.165) is 24.1 Å². The van der Waals surface area contributed by atoms with E-state index in [1.54, 1.807) is 6.20 Å². The average Bonchev–Trinajstić information content (AvgIpc) is 3.10. The van der Waals surface area contributed by atoms with Crippen LogP contribution in [0, 0.1) is 11.3 Å². The molecule has 2 aliphatic rings. The van der Waals surface area contributed by atoms with Crippen molar-refractivity contribution in [2.24, 2.45) is 14.1 Å². The molecule has 3 heterocycles. The molecule has 2 fully saturated rings. The van der Waals surface area contributed by atoms with Gasteiger partial charge in [-0.1, -0.05) is 0 Å². The van der Waals surface area contributed by atoms with Gasteiger partial charge in [-0.05, 0) is 30.5 Å². The lowest BCUT2D eigenvalue weighted by atomic mass is 10.0. The molecule has 2 aromatic heterocycles. The molecule has 0 radical (unpaired) electrons. The van der Waals surface area contributed by atoms with E-state index in [0.29, 0.717) is 24.7 Å². The number of aryl methyl sites for hydroxylation is 2. The molecule has 0 spiro atoms. The Morgan fingerprint density at radius 3 is 2.80 bits per heavy atom. The number of carbonyl (C=O) groups is 1. The predicted molar refractivity (Wildman–Crippen MR) is 91.2 cm³/mol. The Hall–Kier alpha value is -2.59. The molecule has 2 aromatic rings. The molecule has 2 atom stereocenters. The van der Waals surface area contributed by atoms with Gasteiger partial charge in [-0.2, -0.15) is 10.4 Å². The van der Waals surface area contributed by atoms with Crippen molar-refractivity contribution in [1.82, 2.24) is 24.6 Å². The van der Waals surface area contributed by atoms with Crippen LogP contribution in [-0.2, 0) is 25.4 Å². The zero-order valence-electron chi connectivity index (χ0n) is 14.5. The van der Waals surface area contributed by atoms with Crippen LogP contribution in [0.2, 0.25) is 0 Å². The molecule has 1 N–H and O–H groups in total. The van der Waals surface area contributed by atoms with Crippen molar-refractivity contribution in [1.29, 1.82) is 5.26 Å². The van der Waals surface area contributed by atoms with Crippen molar-refractivity contribution in [3.8, 4) is 6.07 Å². The van der Waals surface area contributed by atoms with Gasteiger partial charge in [-0.25, -0.2) is 0 Å². The Labute approximate surface area is 146 Å². The standard InChI is InChI=1S/C18H22N6O/c1-22-11-12(7-14(22)9-19)10-20-15-8-17(25)24(13-3-4-13)18(15)16-5-6-21-23(16)2/h5-7,11,13,15,18,20H,3-4,8,10H2,1-2H3/t15-,18-/m1/s1. The number of rotatable bonds is 5. The lowest BCUT2D eigenvalue weighted by Crippen LogP contribution is -2.38. The van der Waals surface area contributed by atoms with Crippen LogP contribution in [0.5, 0.6) is 0 Å². The minimum Gasteiger partial charge on any atom is -0.342 e. The van der Waals surface area contributed by atoms with Crippen LogP contribution in [-0.4, -0.2) is 37.2 Å². The normalized spacial score (nSPS) is 23.2. The number of hydrogen-bond acceptors (Lipinski definition) is 4. The quantitative estimate of drug-likeness (QED) is 0.889. The lowest BCUT2D eigenvalue weighted by Gasteiger charge is -2.29. The summed E-state index contributed by atoms with van der Waals surface area (Å²) in [5.74, 6) is 0.219. The first-order valence-corrected chi connectivity index (χ1v) is 8.66. The second-order valence-corrected chi connectivity index (χ2v) is 7.00. The summed E-state index contributed by atoms with van der Waals surface area (Å²) in [5, 5.41) is 16.9. The zero-order chi connectivity index (χ0) is 17.6. The fourth-order valence-corrected chi connectivity index (χ4v) is 3.83. The van der Waals surface area contributed by atoms with Crippen LogP contribution in [0.1, 0.15) is 42.3 Å². The summed E-state index contributed by atoms with van der Waals surface area (Å²) in [6.07, 6.45) is 6.44. The Bertz CT molecular complexity index is 840. The van der Waals surface area contributed by atoms with Gasteiger partial charge in [0.25, 0.3) is 0 Å². The van der Waals surface area contributed by atoms with E-state index in [4.69, 9.17) is 5.26 Å². The van der Waals surface area contributed by atoms with Crippen molar-refractivity contribution in [3.63, 3.8) is 0 Å². The first kappa shape index (κ1) is 15.9. The van der Waals surface area contributed by atoms with E-state index in [1.165, 1.54) is 0 Å². The van der Waals surface area contributed by atoms with Crippen LogP contribution < -0.4 is 5.32 Å². The van der Waals surface area contributed by atoms with Crippen molar-refractivity contribution in [2.45, 2.75) is 43.9 Å². The monoisotopic (exact) mass is 338 g/mol. The van der Waals surface area contributed by atoms with Gasteiger partial charge in [0.05, 0.1) is 11.7 Å². The summed E-state index contributed by atoms with van der Waals surface area (Å²) in [5.41, 5.74) is 2.77. The number of nitriles is 1. The molecule has 0 aromatic carbocycles. The molecule has 1 saturated carbocycles. The van der Waals surface area contributed by atoms with E-state index in [9.17, 15) is 4.79 Å². The Morgan fingerprint density at radius 2 is 2.20 bits per heavy atom. The molecule has 1 saturated heterocycles. The van der Waals surface area contributed by atoms with Crippen LogP contribution in [0.25, 0.3) is 0 Å². The Kier molecular flexibility index (Phi) is 3.85. The predicted octanol–water partition coefficient (Wildman–Crippen LogP) is 1.22. The fraction of sp³-hybridized carbons (Fsp3) is 0.500. The third-order valence-corrected chi connectivity index (χ3v) is 5.21. The summed E-state index contributed by atoms with van der Waals surface area (Å²) >= 11 is 0. The van der Waals surface area contributed by atoms with E-state index >= 15 is 0 Å². The van der Waals surface area contributed by atoms with E-state index < -0.39 is 0 Å². The number of likely N-dealkylation sites (tertiary alicyclic amines) is 1. The topological polar surface area (TPSA) is 78.9 Å². The Morgan fingerprint density at radius 1 is 1.40 bits per heavy atom. The third-order valence-electron chi connectivity index (χ3n) is 5.21. The van der Waals surface area contributed by atoms with E-state index in [1.807, 2.05) is 41.7 Å². The van der Waals surface area contributed by atoms with E-state index in [-0.39, 0.29) is 18.0 Å². The number of carbonyl (C=O) groups excluding carboxylic acids is 1. The minimum atomic E-state index is 0.0200. The fourth-order valence-electron chi connectivity index (χ4n) is 3.83. The highest BCUT2D eigenvalue weighted by atomic mass is 16.2. The molecular weight excluding hydrogens is 316 g/mol. The molecule has 0 bridgehead atoms. The molecule has 130 valence electrons. The molecule has 1 amide bonds. The van der Waals surface area contributed by atoms with Gasteiger partial charge in [-0.3, -0.25) is 9.48 Å². The van der Waals surface area contributed by atoms with Crippen LogP contribution in [0.15, 0.2) is 24.5 Å². The number of nitrogens with zero attached hydrogens (tertiary/aromatic N) is 5.